The first-order chi connectivity index (χ1) is 13.9. The predicted octanol–water partition coefficient (Wildman–Crippen LogP) is 2.90. The fraction of sp³-hybridized carbons (Fsp3) is 0.667. The van der Waals surface area contributed by atoms with E-state index in [-0.39, 0.29) is 16.4 Å². The van der Waals surface area contributed by atoms with Crippen molar-refractivity contribution in [1.82, 2.24) is 10.2 Å². The van der Waals surface area contributed by atoms with Crippen molar-refractivity contribution in [2.45, 2.75) is 69.2 Å². The van der Waals surface area contributed by atoms with Crippen LogP contribution in [0.3, 0.4) is 0 Å². The van der Waals surface area contributed by atoms with Crippen LogP contribution in [0.15, 0.2) is 23.1 Å². The van der Waals surface area contributed by atoms with Crippen LogP contribution in [0.25, 0.3) is 0 Å². The monoisotopic (exact) mass is 425 g/mol. The van der Waals surface area contributed by atoms with E-state index >= 15 is 0 Å². The molecule has 1 aliphatic rings. The van der Waals surface area contributed by atoms with E-state index < -0.39 is 10.0 Å². The van der Waals surface area contributed by atoms with Crippen LogP contribution in [0.1, 0.15) is 68.6 Å². The standard InChI is InChI=1S/C21H35N3O4S/c1-3-4-5-6-7-8-13-24-14-9-10-17(24)16-23-21(25)19-15-18(29(22,26)27)11-12-20(19)28-2/h11-12,15,17H,3-10,13-14,16H2,1-2H3,(H,23,25)(H2,22,26,27)/t17-/m1/s1. The molecule has 0 bridgehead atoms. The highest BCUT2D eigenvalue weighted by atomic mass is 32.2. The number of carbonyl (C=O) groups excluding carboxylic acids is 1. The maximum atomic E-state index is 12.7. The second-order valence-corrected chi connectivity index (χ2v) is 9.28. The number of rotatable bonds is 12. The fourth-order valence-electron chi connectivity index (χ4n) is 3.86. The van der Waals surface area contributed by atoms with Crippen molar-refractivity contribution in [2.75, 3.05) is 26.7 Å². The molecular weight excluding hydrogens is 390 g/mol. The van der Waals surface area contributed by atoms with Crippen LogP contribution in [-0.2, 0) is 10.0 Å². The molecule has 0 aromatic heterocycles. The van der Waals surface area contributed by atoms with Crippen molar-refractivity contribution in [3.63, 3.8) is 0 Å². The number of benzene rings is 1. The number of likely N-dealkylation sites (tertiary alicyclic amines) is 1. The summed E-state index contributed by atoms with van der Waals surface area (Å²) in [6.45, 7) is 4.90. The Balaban J connectivity index is 1.89. The number of methoxy groups -OCH3 is 1. The Labute approximate surface area is 175 Å². The molecular formula is C21H35N3O4S. The number of carbonyl (C=O) groups is 1. The summed E-state index contributed by atoms with van der Waals surface area (Å²) in [5.74, 6) is -0.0241. The Hall–Kier alpha value is -1.64. The van der Waals surface area contributed by atoms with Gasteiger partial charge in [-0.05, 0) is 50.6 Å². The van der Waals surface area contributed by atoms with E-state index in [0.29, 0.717) is 18.3 Å². The molecule has 1 aromatic carbocycles. The van der Waals surface area contributed by atoms with E-state index in [0.717, 1.165) is 25.9 Å². The quantitative estimate of drug-likeness (QED) is 0.501. The average Bonchev–Trinajstić information content (AvgIpc) is 3.14. The molecule has 0 aliphatic carbocycles. The highest BCUT2D eigenvalue weighted by molar-refractivity contribution is 7.89. The van der Waals surface area contributed by atoms with Crippen LogP contribution in [0.5, 0.6) is 5.75 Å². The Bertz CT molecular complexity index is 767. The van der Waals surface area contributed by atoms with Crippen LogP contribution in [0.4, 0.5) is 0 Å². The Morgan fingerprint density at radius 3 is 2.66 bits per heavy atom. The molecule has 3 N–H and O–H groups in total. The van der Waals surface area contributed by atoms with Crippen LogP contribution >= 0.6 is 0 Å². The number of nitrogens with two attached hydrogens (primary N) is 1. The second kappa shape index (κ2) is 11.5. The van der Waals surface area contributed by atoms with E-state index in [4.69, 9.17) is 9.88 Å². The summed E-state index contributed by atoms with van der Waals surface area (Å²) >= 11 is 0. The van der Waals surface area contributed by atoms with Gasteiger partial charge in [-0.2, -0.15) is 0 Å². The summed E-state index contributed by atoms with van der Waals surface area (Å²) in [4.78, 5) is 15.0. The van der Waals surface area contributed by atoms with E-state index in [9.17, 15) is 13.2 Å². The van der Waals surface area contributed by atoms with Gasteiger partial charge in [0.1, 0.15) is 5.75 Å². The van der Waals surface area contributed by atoms with E-state index in [1.807, 2.05) is 0 Å². The Morgan fingerprint density at radius 2 is 1.97 bits per heavy atom. The molecule has 1 saturated heterocycles. The topological polar surface area (TPSA) is 102 Å². The van der Waals surface area contributed by atoms with Gasteiger partial charge >= 0.3 is 0 Å². The van der Waals surface area contributed by atoms with Crippen molar-refractivity contribution >= 4 is 15.9 Å². The minimum absolute atomic E-state index is 0.103. The maximum Gasteiger partial charge on any atom is 0.255 e. The van der Waals surface area contributed by atoms with Gasteiger partial charge in [0.25, 0.3) is 5.91 Å². The van der Waals surface area contributed by atoms with E-state index in [1.54, 1.807) is 0 Å². The van der Waals surface area contributed by atoms with Crippen LogP contribution in [-0.4, -0.2) is 52.0 Å². The number of amides is 1. The van der Waals surface area contributed by atoms with Crippen molar-refractivity contribution in [2.24, 2.45) is 5.14 Å². The van der Waals surface area contributed by atoms with E-state index in [1.165, 1.54) is 63.8 Å². The van der Waals surface area contributed by atoms with Crippen molar-refractivity contribution in [3.8, 4) is 5.75 Å². The smallest absolute Gasteiger partial charge is 0.255 e. The number of nitrogens with one attached hydrogen (secondary N) is 1. The average molecular weight is 426 g/mol. The van der Waals surface area contributed by atoms with Gasteiger partial charge in [0.2, 0.25) is 10.0 Å². The molecule has 164 valence electrons. The lowest BCUT2D eigenvalue weighted by Gasteiger charge is -2.25. The van der Waals surface area contributed by atoms with Gasteiger partial charge in [0.05, 0.1) is 17.6 Å². The normalized spacial score (nSPS) is 17.4. The van der Waals surface area contributed by atoms with E-state index in [2.05, 4.69) is 17.1 Å². The van der Waals surface area contributed by atoms with Crippen LogP contribution in [0.2, 0.25) is 0 Å². The lowest BCUT2D eigenvalue weighted by Crippen LogP contribution is -2.40. The van der Waals surface area contributed by atoms with Gasteiger partial charge in [-0.1, -0.05) is 39.0 Å². The zero-order valence-corrected chi connectivity index (χ0v) is 18.5. The molecule has 1 amide bonds. The Kier molecular flexibility index (Phi) is 9.39. The summed E-state index contributed by atoms with van der Waals surface area (Å²) in [5, 5.41) is 8.13. The first-order valence-electron chi connectivity index (χ1n) is 10.6. The van der Waals surface area contributed by atoms with Crippen molar-refractivity contribution < 1.29 is 17.9 Å². The third kappa shape index (κ3) is 7.28. The molecule has 1 aromatic rings. The molecule has 0 saturated carbocycles. The molecule has 0 spiro atoms. The zero-order valence-electron chi connectivity index (χ0n) is 17.7. The van der Waals surface area contributed by atoms with Gasteiger partial charge in [-0.3, -0.25) is 9.69 Å². The summed E-state index contributed by atoms with van der Waals surface area (Å²) < 4.78 is 28.4. The van der Waals surface area contributed by atoms with Gasteiger partial charge < -0.3 is 10.1 Å². The first kappa shape index (κ1) is 23.6. The molecule has 29 heavy (non-hydrogen) atoms. The lowest BCUT2D eigenvalue weighted by molar-refractivity contribution is 0.0937. The minimum Gasteiger partial charge on any atom is -0.496 e. The first-order valence-corrected chi connectivity index (χ1v) is 12.1. The fourth-order valence-corrected chi connectivity index (χ4v) is 4.40. The molecule has 1 fully saturated rings. The number of primary sulfonamides is 1. The summed E-state index contributed by atoms with van der Waals surface area (Å²) in [6.07, 6.45) is 9.84. The van der Waals surface area contributed by atoms with Gasteiger partial charge in [0.15, 0.2) is 0 Å². The molecule has 1 atom stereocenters. The number of hydrogen-bond donors (Lipinski definition) is 2. The van der Waals surface area contributed by atoms with Crippen molar-refractivity contribution in [3.05, 3.63) is 23.8 Å². The molecule has 0 unspecified atom stereocenters. The predicted molar refractivity (Wildman–Crippen MR) is 115 cm³/mol. The number of ether oxygens (including phenoxy) is 1. The maximum absolute atomic E-state index is 12.7. The highest BCUT2D eigenvalue weighted by Crippen LogP contribution is 2.23. The molecule has 8 heteroatoms. The third-order valence-electron chi connectivity index (χ3n) is 5.54. The largest absolute Gasteiger partial charge is 0.496 e. The Morgan fingerprint density at radius 1 is 1.24 bits per heavy atom. The third-order valence-corrected chi connectivity index (χ3v) is 6.45. The van der Waals surface area contributed by atoms with Crippen LogP contribution in [0, 0.1) is 0 Å². The molecule has 0 radical (unpaired) electrons. The second-order valence-electron chi connectivity index (χ2n) is 7.72. The molecule has 1 heterocycles. The number of sulfonamides is 1. The molecule has 2 rings (SSSR count). The zero-order chi connectivity index (χ0) is 21.3. The summed E-state index contributed by atoms with van der Waals surface area (Å²) in [5.41, 5.74) is 0.180. The van der Waals surface area contributed by atoms with Crippen LogP contribution < -0.4 is 15.2 Å². The lowest BCUT2D eigenvalue weighted by atomic mass is 10.1. The summed E-state index contributed by atoms with van der Waals surface area (Å²) in [6, 6.07) is 4.38. The molecule has 1 aliphatic heterocycles. The summed E-state index contributed by atoms with van der Waals surface area (Å²) in [7, 11) is -2.44. The van der Waals surface area contributed by atoms with Gasteiger partial charge in [0, 0.05) is 12.6 Å². The SMILES string of the molecule is CCCCCCCCN1CCC[C@@H]1CNC(=O)c1cc(S(N)(=O)=O)ccc1OC. The molecule has 7 nitrogen and oxygen atoms in total. The number of unbranched alkanes of at least 4 members (excludes halogenated alkanes) is 5. The van der Waals surface area contributed by atoms with Gasteiger partial charge in [-0.15, -0.1) is 0 Å². The van der Waals surface area contributed by atoms with Gasteiger partial charge in [-0.25, -0.2) is 13.6 Å². The number of hydrogen-bond acceptors (Lipinski definition) is 5. The minimum atomic E-state index is -3.89. The highest BCUT2D eigenvalue weighted by Gasteiger charge is 2.25. The van der Waals surface area contributed by atoms with Crippen molar-refractivity contribution in [1.29, 1.82) is 0 Å². The number of nitrogens with zero attached hydrogens (tertiary/aromatic N) is 1.